The highest BCUT2D eigenvalue weighted by Gasteiger charge is 2.50. The first-order valence-electron chi connectivity index (χ1n) is 21.2. The Kier molecular flexibility index (Phi) is 7.61. The second-order valence-corrected chi connectivity index (χ2v) is 19.6. The first-order valence-corrected chi connectivity index (χ1v) is 21.2. The SMILES string of the molecule is Cc1cc2c(c(C)c1N1c3cc(C(C)C)cc4c3B(c3c1oc1ccc(C(C)(C)C)cc31)c1c(oc3ccc(C(C)(C)C)cc13)N4c1c(C)cc3c(c1C)OCO3)OCO2. The normalized spacial score (nSPS) is 15.1. The number of hydrogen-bond donors (Lipinski definition) is 0. The molecule has 5 aromatic carbocycles. The number of anilines is 6. The molecule has 8 nitrogen and oxygen atoms in total. The minimum absolute atomic E-state index is 0.0840. The number of fused-ring (bicyclic) bond motifs is 10. The van der Waals surface area contributed by atoms with Crippen molar-refractivity contribution in [1.82, 2.24) is 0 Å². The molecule has 4 aliphatic heterocycles. The van der Waals surface area contributed by atoms with Crippen LogP contribution in [0.15, 0.2) is 69.5 Å². The van der Waals surface area contributed by atoms with Gasteiger partial charge in [-0.05, 0) is 126 Å². The van der Waals surface area contributed by atoms with Crippen LogP contribution in [-0.2, 0) is 10.8 Å². The van der Waals surface area contributed by atoms with Gasteiger partial charge in [-0.1, -0.05) is 67.5 Å². The second kappa shape index (κ2) is 12.3. The van der Waals surface area contributed by atoms with Crippen LogP contribution in [0.3, 0.4) is 0 Å². The zero-order valence-corrected chi connectivity index (χ0v) is 36.7. The lowest BCUT2D eigenvalue weighted by atomic mass is 9.33. The molecule has 304 valence electrons. The highest BCUT2D eigenvalue weighted by Crippen LogP contribution is 2.54. The quantitative estimate of drug-likeness (QED) is 0.164. The second-order valence-electron chi connectivity index (χ2n) is 19.6. The minimum atomic E-state index is -0.231. The third-order valence-electron chi connectivity index (χ3n) is 13.3. The summed E-state index contributed by atoms with van der Waals surface area (Å²) in [5.74, 6) is 4.90. The average Bonchev–Trinajstić information content (AvgIpc) is 4.00. The summed E-state index contributed by atoms with van der Waals surface area (Å²) in [6.45, 7) is 27.0. The van der Waals surface area contributed by atoms with Gasteiger partial charge in [0.25, 0.3) is 6.71 Å². The highest BCUT2D eigenvalue weighted by atomic mass is 16.7. The van der Waals surface area contributed by atoms with Crippen LogP contribution in [0.4, 0.5) is 34.5 Å². The monoisotopic (exact) mass is 798 g/mol. The van der Waals surface area contributed by atoms with Crippen molar-refractivity contribution in [2.24, 2.45) is 0 Å². The van der Waals surface area contributed by atoms with Crippen LogP contribution in [0, 0.1) is 27.7 Å². The molecule has 0 radical (unpaired) electrons. The molecule has 7 aromatic rings. The van der Waals surface area contributed by atoms with Crippen LogP contribution in [0.2, 0.25) is 0 Å². The largest absolute Gasteiger partial charge is 0.454 e. The van der Waals surface area contributed by atoms with E-state index in [9.17, 15) is 0 Å². The van der Waals surface area contributed by atoms with E-state index >= 15 is 0 Å². The van der Waals surface area contributed by atoms with Crippen molar-refractivity contribution in [1.29, 1.82) is 0 Å². The van der Waals surface area contributed by atoms with Crippen molar-refractivity contribution >= 4 is 79.6 Å². The zero-order chi connectivity index (χ0) is 41.9. The Labute approximate surface area is 352 Å². The Bertz CT molecular complexity index is 2820. The molecule has 0 saturated carbocycles. The third-order valence-corrected chi connectivity index (χ3v) is 13.3. The molecule has 0 aliphatic carbocycles. The van der Waals surface area contributed by atoms with Gasteiger partial charge in [-0.25, -0.2) is 0 Å². The fraction of sp³-hybridized carbons (Fsp3) is 0.333. The molecular formula is C51H51BN2O6. The third kappa shape index (κ3) is 5.04. The molecule has 9 heteroatoms. The highest BCUT2D eigenvalue weighted by molar-refractivity contribution is 7.02. The molecule has 0 fully saturated rings. The zero-order valence-electron chi connectivity index (χ0n) is 36.7. The molecule has 0 N–H and O–H groups in total. The molecule has 0 saturated heterocycles. The molecular weight excluding hydrogens is 747 g/mol. The van der Waals surface area contributed by atoms with Crippen molar-refractivity contribution in [2.75, 3.05) is 23.4 Å². The standard InChI is InChI=1S/C51H51BN2O6/c1-25(2)30-19-35-43-36(20-30)54(45-27(4)18-40-47(29(45)6)58-24-56-40)49-42(34-22-32(51(10,11)12)14-16-38(34)60-49)52(43)41-33-21-31(50(7,8)9)13-15-37(33)59-48(41)53(35)44-26(3)17-39-46(28(44)5)57-23-55-39/h13-22,25H,23-24H2,1-12H3. The summed E-state index contributed by atoms with van der Waals surface area (Å²) in [4.78, 5) is 4.76. The first kappa shape index (κ1) is 37.1. The molecule has 6 heterocycles. The van der Waals surface area contributed by atoms with Gasteiger partial charge < -0.3 is 27.8 Å². The van der Waals surface area contributed by atoms with Crippen molar-refractivity contribution in [3.05, 3.63) is 99.6 Å². The summed E-state index contributed by atoms with van der Waals surface area (Å²) in [5.41, 5.74) is 17.0. The predicted octanol–water partition coefficient (Wildman–Crippen LogP) is 11.7. The summed E-state index contributed by atoms with van der Waals surface area (Å²) in [7, 11) is 0. The van der Waals surface area contributed by atoms with E-state index < -0.39 is 0 Å². The maximum Gasteiger partial charge on any atom is 0.262 e. The van der Waals surface area contributed by atoms with Gasteiger partial charge in [-0.2, -0.15) is 0 Å². The van der Waals surface area contributed by atoms with E-state index in [1.54, 1.807) is 0 Å². The number of furan rings is 2. The average molecular weight is 799 g/mol. The van der Waals surface area contributed by atoms with Crippen LogP contribution >= 0.6 is 0 Å². The van der Waals surface area contributed by atoms with Crippen molar-refractivity contribution < 1.29 is 27.8 Å². The van der Waals surface area contributed by atoms with Crippen LogP contribution in [0.25, 0.3) is 21.9 Å². The van der Waals surface area contributed by atoms with Gasteiger partial charge in [0.1, 0.15) is 11.2 Å². The van der Waals surface area contributed by atoms with Gasteiger partial charge in [0, 0.05) is 44.2 Å². The van der Waals surface area contributed by atoms with E-state index in [1.165, 1.54) is 22.2 Å². The van der Waals surface area contributed by atoms with E-state index in [0.717, 1.165) is 113 Å². The number of hydrogen-bond acceptors (Lipinski definition) is 8. The molecule has 0 atom stereocenters. The van der Waals surface area contributed by atoms with E-state index in [2.05, 4.69) is 154 Å². The Morgan fingerprint density at radius 1 is 0.550 bits per heavy atom. The summed E-state index contributed by atoms with van der Waals surface area (Å²) >= 11 is 0. The maximum atomic E-state index is 7.27. The fourth-order valence-corrected chi connectivity index (χ4v) is 10.2. The summed E-state index contributed by atoms with van der Waals surface area (Å²) in [6, 6.07) is 22.5. The van der Waals surface area contributed by atoms with Crippen LogP contribution in [-0.4, -0.2) is 20.3 Å². The number of nitrogens with zero attached hydrogens (tertiary/aromatic N) is 2. The van der Waals surface area contributed by atoms with Gasteiger partial charge in [-0.15, -0.1) is 0 Å². The van der Waals surface area contributed by atoms with Crippen LogP contribution < -0.4 is 45.1 Å². The van der Waals surface area contributed by atoms with Gasteiger partial charge in [0.2, 0.25) is 25.4 Å². The van der Waals surface area contributed by atoms with E-state index in [-0.39, 0.29) is 37.0 Å². The van der Waals surface area contributed by atoms with Crippen molar-refractivity contribution in [3.8, 4) is 23.0 Å². The lowest BCUT2D eigenvalue weighted by Crippen LogP contribution is -2.61. The Morgan fingerprint density at radius 2 is 0.983 bits per heavy atom. The summed E-state index contributed by atoms with van der Waals surface area (Å²) in [5, 5.41) is 2.20. The number of ether oxygens (including phenoxy) is 4. The Balaban J connectivity index is 1.34. The Morgan fingerprint density at radius 3 is 1.38 bits per heavy atom. The van der Waals surface area contributed by atoms with Crippen LogP contribution in [0.5, 0.6) is 23.0 Å². The maximum absolute atomic E-state index is 7.27. The molecule has 11 rings (SSSR count). The van der Waals surface area contributed by atoms with Crippen LogP contribution in [0.1, 0.15) is 100 Å². The van der Waals surface area contributed by atoms with Gasteiger partial charge >= 0.3 is 0 Å². The molecule has 4 aliphatic rings. The fourth-order valence-electron chi connectivity index (χ4n) is 10.2. The molecule has 2 aromatic heterocycles. The van der Waals surface area contributed by atoms with E-state index in [0.29, 0.717) is 0 Å². The van der Waals surface area contributed by atoms with Gasteiger partial charge in [0.05, 0.1) is 11.4 Å². The molecule has 0 bridgehead atoms. The van der Waals surface area contributed by atoms with E-state index in [1.807, 2.05) is 0 Å². The number of benzene rings is 5. The lowest BCUT2D eigenvalue weighted by Gasteiger charge is -2.42. The van der Waals surface area contributed by atoms with Gasteiger partial charge in [-0.3, -0.25) is 9.80 Å². The Hall–Kier alpha value is -5.96. The van der Waals surface area contributed by atoms with Gasteiger partial charge in [0.15, 0.2) is 23.0 Å². The topological polar surface area (TPSA) is 69.7 Å². The molecule has 0 amide bonds. The lowest BCUT2D eigenvalue weighted by molar-refractivity contribution is 0.173. The number of aryl methyl sites for hydroxylation is 2. The van der Waals surface area contributed by atoms with Crippen molar-refractivity contribution in [3.63, 3.8) is 0 Å². The predicted molar refractivity (Wildman–Crippen MR) is 243 cm³/mol. The number of rotatable bonds is 3. The smallest absolute Gasteiger partial charge is 0.262 e. The molecule has 60 heavy (non-hydrogen) atoms. The minimum Gasteiger partial charge on any atom is -0.454 e. The van der Waals surface area contributed by atoms with E-state index in [4.69, 9.17) is 27.8 Å². The van der Waals surface area contributed by atoms with Crippen molar-refractivity contribution in [2.45, 2.75) is 99.8 Å². The summed E-state index contributed by atoms with van der Waals surface area (Å²) < 4.78 is 38.8. The first-order chi connectivity index (χ1) is 28.5. The summed E-state index contributed by atoms with van der Waals surface area (Å²) in [6.07, 6.45) is 0. The molecule has 0 spiro atoms. The molecule has 0 unspecified atom stereocenters.